The van der Waals surface area contributed by atoms with Crippen molar-refractivity contribution in [3.05, 3.63) is 77.0 Å². The zero-order chi connectivity index (χ0) is 17.7. The second-order valence-electron chi connectivity index (χ2n) is 5.28. The van der Waals surface area contributed by atoms with Crippen LogP contribution in [0.3, 0.4) is 0 Å². The Balaban J connectivity index is 2.38. The summed E-state index contributed by atoms with van der Waals surface area (Å²) in [7, 11) is 0. The minimum Gasteiger partial charge on any atom is -0.375 e. The minimum atomic E-state index is -4.59. The fourth-order valence-electron chi connectivity index (χ4n) is 2.27. The first-order valence-corrected chi connectivity index (χ1v) is 7.28. The van der Waals surface area contributed by atoms with E-state index in [4.69, 9.17) is 5.73 Å². The predicted octanol–water partition coefficient (Wildman–Crippen LogP) is 4.04. The highest BCUT2D eigenvalue weighted by Crippen LogP contribution is 2.28. The first-order valence-electron chi connectivity index (χ1n) is 7.28. The molecule has 0 bridgehead atoms. The van der Waals surface area contributed by atoms with E-state index in [0.717, 1.165) is 11.6 Å². The number of halogens is 3. The lowest BCUT2D eigenvalue weighted by atomic mass is 10.0. The molecule has 2 aromatic rings. The van der Waals surface area contributed by atoms with E-state index >= 15 is 0 Å². The molecule has 3 N–H and O–H groups in total. The number of amides is 1. The molecule has 0 saturated heterocycles. The lowest BCUT2D eigenvalue weighted by Crippen LogP contribution is -2.28. The van der Waals surface area contributed by atoms with Crippen molar-refractivity contribution in [1.82, 2.24) is 5.32 Å². The highest BCUT2D eigenvalue weighted by atomic mass is 19.4. The molecule has 0 aliphatic carbocycles. The maximum absolute atomic E-state index is 13.4. The largest absolute Gasteiger partial charge is 0.430 e. The molecule has 24 heavy (non-hydrogen) atoms. The number of carbonyl (C=O) groups is 1. The van der Waals surface area contributed by atoms with Gasteiger partial charge < -0.3 is 11.1 Å². The lowest BCUT2D eigenvalue weighted by Gasteiger charge is -2.20. The predicted molar refractivity (Wildman–Crippen MR) is 87.0 cm³/mol. The van der Waals surface area contributed by atoms with Crippen LogP contribution in [-0.2, 0) is 0 Å². The van der Waals surface area contributed by atoms with Gasteiger partial charge in [-0.2, -0.15) is 13.2 Å². The third-order valence-corrected chi connectivity index (χ3v) is 3.50. The first kappa shape index (κ1) is 17.6. The van der Waals surface area contributed by atoms with Crippen molar-refractivity contribution in [3.8, 4) is 0 Å². The van der Waals surface area contributed by atoms with Crippen LogP contribution < -0.4 is 11.1 Å². The van der Waals surface area contributed by atoms with Gasteiger partial charge >= 0.3 is 6.18 Å². The van der Waals surface area contributed by atoms with Crippen LogP contribution in [0.25, 0.3) is 6.08 Å². The molecule has 0 spiro atoms. The minimum absolute atomic E-state index is 0.0356. The topological polar surface area (TPSA) is 55.1 Å². The number of nitrogens with two attached hydrogens (primary N) is 1. The van der Waals surface area contributed by atoms with E-state index in [0.29, 0.717) is 0 Å². The molecule has 0 aliphatic rings. The average Bonchev–Trinajstić information content (AvgIpc) is 2.54. The van der Waals surface area contributed by atoms with Gasteiger partial charge in [0.1, 0.15) is 5.70 Å². The van der Waals surface area contributed by atoms with Gasteiger partial charge in [-0.1, -0.05) is 48.5 Å². The Morgan fingerprint density at radius 2 is 1.67 bits per heavy atom. The maximum Gasteiger partial charge on any atom is 0.430 e. The Labute approximate surface area is 138 Å². The van der Waals surface area contributed by atoms with Crippen LogP contribution >= 0.6 is 0 Å². The summed E-state index contributed by atoms with van der Waals surface area (Å²) in [6.45, 7) is 1.63. The first-order chi connectivity index (χ1) is 11.3. The van der Waals surface area contributed by atoms with Gasteiger partial charge in [-0.25, -0.2) is 0 Å². The zero-order valence-electron chi connectivity index (χ0n) is 13.0. The van der Waals surface area contributed by atoms with E-state index < -0.39 is 23.8 Å². The lowest BCUT2D eigenvalue weighted by molar-refractivity contribution is -0.0966. The number of hydrogen-bond donors (Lipinski definition) is 2. The summed E-state index contributed by atoms with van der Waals surface area (Å²) in [5.74, 6) is -0.778. The van der Waals surface area contributed by atoms with Crippen molar-refractivity contribution in [2.24, 2.45) is 5.73 Å². The number of rotatable bonds is 5. The molecule has 0 unspecified atom stereocenters. The maximum atomic E-state index is 13.4. The second kappa shape index (κ2) is 7.21. The van der Waals surface area contributed by atoms with Crippen molar-refractivity contribution in [2.75, 3.05) is 0 Å². The zero-order valence-corrected chi connectivity index (χ0v) is 13.0. The van der Waals surface area contributed by atoms with E-state index in [9.17, 15) is 18.0 Å². The molecule has 0 saturated carbocycles. The van der Waals surface area contributed by atoms with Crippen LogP contribution in [0.2, 0.25) is 0 Å². The molecule has 2 aromatic carbocycles. The van der Waals surface area contributed by atoms with Crippen LogP contribution in [-0.4, -0.2) is 12.1 Å². The summed E-state index contributed by atoms with van der Waals surface area (Å²) in [6, 6.07) is 14.1. The van der Waals surface area contributed by atoms with Gasteiger partial charge in [-0.05, 0) is 30.2 Å². The smallest absolute Gasteiger partial charge is 0.375 e. The van der Waals surface area contributed by atoms with Crippen molar-refractivity contribution in [3.63, 3.8) is 0 Å². The Morgan fingerprint density at radius 1 is 1.08 bits per heavy atom. The van der Waals surface area contributed by atoms with E-state index in [1.807, 2.05) is 0 Å². The van der Waals surface area contributed by atoms with Gasteiger partial charge in [-0.3, -0.25) is 4.79 Å². The number of hydrogen-bond acceptors (Lipinski definition) is 2. The number of primary amides is 1. The number of nitrogens with one attached hydrogen (secondary N) is 1. The van der Waals surface area contributed by atoms with E-state index in [2.05, 4.69) is 5.32 Å². The Hall–Kier alpha value is -2.76. The van der Waals surface area contributed by atoms with Gasteiger partial charge in [0.2, 0.25) is 5.91 Å². The summed E-state index contributed by atoms with van der Waals surface area (Å²) in [6.07, 6.45) is -3.69. The van der Waals surface area contributed by atoms with Gasteiger partial charge in [0.15, 0.2) is 0 Å². The molecule has 0 radical (unpaired) electrons. The number of benzene rings is 2. The monoisotopic (exact) mass is 334 g/mol. The summed E-state index contributed by atoms with van der Waals surface area (Å²) in [4.78, 5) is 11.4. The van der Waals surface area contributed by atoms with Crippen LogP contribution in [0.5, 0.6) is 0 Å². The van der Waals surface area contributed by atoms with Crippen LogP contribution in [0, 0.1) is 0 Å². The molecular weight excluding hydrogens is 317 g/mol. The summed E-state index contributed by atoms with van der Waals surface area (Å²) >= 11 is 0. The normalized spacial score (nSPS) is 13.4. The fourth-order valence-corrected chi connectivity index (χ4v) is 2.27. The van der Waals surface area contributed by atoms with Gasteiger partial charge in [-0.15, -0.1) is 0 Å². The Kier molecular flexibility index (Phi) is 5.28. The van der Waals surface area contributed by atoms with E-state index in [1.165, 1.54) is 12.1 Å². The standard InChI is InChI=1S/C18H17F3N2O/c1-12(13-7-3-2-4-8-13)23-16(18(19,20)21)11-14-9-5-6-10-15(14)17(22)24/h2-12,23H,1H3,(H2,22,24)/b16-11-/t12-/m0/s1. The highest BCUT2D eigenvalue weighted by Gasteiger charge is 2.35. The van der Waals surface area contributed by atoms with Crippen molar-refractivity contribution >= 4 is 12.0 Å². The number of carbonyl (C=O) groups excluding carboxylic acids is 1. The van der Waals surface area contributed by atoms with Crippen molar-refractivity contribution in [1.29, 1.82) is 0 Å². The highest BCUT2D eigenvalue weighted by molar-refractivity contribution is 5.96. The van der Waals surface area contributed by atoms with E-state index in [1.54, 1.807) is 49.4 Å². The molecule has 1 atom stereocenters. The average molecular weight is 334 g/mol. The van der Waals surface area contributed by atoms with Crippen molar-refractivity contribution < 1.29 is 18.0 Å². The third-order valence-electron chi connectivity index (χ3n) is 3.50. The molecule has 3 nitrogen and oxygen atoms in total. The molecule has 6 heteroatoms. The number of allylic oxidation sites excluding steroid dienone is 1. The Bertz CT molecular complexity index is 739. The van der Waals surface area contributed by atoms with Gasteiger partial charge in [0, 0.05) is 11.6 Å². The molecule has 0 aromatic heterocycles. The molecule has 0 fully saturated rings. The number of alkyl halides is 3. The second-order valence-corrected chi connectivity index (χ2v) is 5.28. The molecule has 1 amide bonds. The van der Waals surface area contributed by atoms with Crippen LogP contribution in [0.15, 0.2) is 60.3 Å². The van der Waals surface area contributed by atoms with Crippen LogP contribution in [0.1, 0.15) is 34.5 Å². The molecule has 0 heterocycles. The molecule has 126 valence electrons. The van der Waals surface area contributed by atoms with Crippen LogP contribution in [0.4, 0.5) is 13.2 Å². The Morgan fingerprint density at radius 3 is 2.25 bits per heavy atom. The molecule has 0 aliphatic heterocycles. The van der Waals surface area contributed by atoms with E-state index in [-0.39, 0.29) is 11.1 Å². The molecule has 2 rings (SSSR count). The summed E-state index contributed by atoms with van der Waals surface area (Å²) in [5.41, 5.74) is 5.15. The quantitative estimate of drug-likeness (QED) is 0.867. The molecular formula is C18H17F3N2O. The van der Waals surface area contributed by atoms with Gasteiger partial charge in [0.25, 0.3) is 0 Å². The van der Waals surface area contributed by atoms with Gasteiger partial charge in [0.05, 0.1) is 0 Å². The SMILES string of the molecule is C[C@H](N/C(=C\c1ccccc1C(N)=O)C(F)(F)F)c1ccccc1. The van der Waals surface area contributed by atoms with Crippen molar-refractivity contribution in [2.45, 2.75) is 19.1 Å². The fraction of sp³-hybridized carbons (Fsp3) is 0.167. The summed E-state index contributed by atoms with van der Waals surface area (Å²) in [5, 5.41) is 2.47. The third kappa shape index (κ3) is 4.38. The summed E-state index contributed by atoms with van der Waals surface area (Å²) < 4.78 is 40.1.